The number of allylic oxidation sites excluding steroid dienone is 2. The Hall–Kier alpha value is -3.55. The minimum atomic E-state index is -0.283. The Bertz CT molecular complexity index is 1060. The Labute approximate surface area is 187 Å². The molecule has 0 aliphatic carbocycles. The number of carbonyl (C=O) groups excluding carboxylic acids is 2. The number of H-pyrrole nitrogens is 2. The van der Waals surface area contributed by atoms with Crippen molar-refractivity contribution in [2.75, 3.05) is 20.8 Å². The zero-order valence-corrected chi connectivity index (χ0v) is 18.9. The summed E-state index contributed by atoms with van der Waals surface area (Å²) in [7, 11) is 2.99. The number of hydrogen-bond donors (Lipinski definition) is 2. The van der Waals surface area contributed by atoms with Crippen LogP contribution in [0.2, 0.25) is 0 Å². The van der Waals surface area contributed by atoms with E-state index in [0.29, 0.717) is 25.2 Å². The molecule has 2 N–H and O–H groups in total. The normalized spacial score (nSPS) is 14.6. The van der Waals surface area contributed by atoms with Crippen LogP contribution in [0.1, 0.15) is 45.2 Å². The van der Waals surface area contributed by atoms with E-state index < -0.39 is 0 Å². The molecule has 0 saturated carbocycles. The molecule has 2 aromatic heterocycles. The van der Waals surface area contributed by atoms with Crippen molar-refractivity contribution < 1.29 is 23.8 Å². The number of aliphatic imine (C=N–C) groups is 1. The van der Waals surface area contributed by atoms with Crippen LogP contribution >= 0.6 is 0 Å². The number of ether oxygens (including phenoxy) is 3. The molecule has 1 aliphatic rings. The van der Waals surface area contributed by atoms with E-state index in [9.17, 15) is 9.59 Å². The van der Waals surface area contributed by atoms with Crippen molar-refractivity contribution in [3.8, 4) is 17.1 Å². The molecule has 2 aromatic rings. The van der Waals surface area contributed by atoms with E-state index >= 15 is 0 Å². The summed E-state index contributed by atoms with van der Waals surface area (Å²) >= 11 is 0. The van der Waals surface area contributed by atoms with Gasteiger partial charge in [0.05, 0.1) is 43.6 Å². The highest BCUT2D eigenvalue weighted by Gasteiger charge is 2.23. The number of hydrogen-bond acceptors (Lipinski definition) is 6. The number of esters is 2. The number of aromatic amines is 2. The summed E-state index contributed by atoms with van der Waals surface area (Å²) in [5, 5.41) is 0. The maximum atomic E-state index is 12.0. The van der Waals surface area contributed by atoms with E-state index in [1.165, 1.54) is 7.11 Å². The van der Waals surface area contributed by atoms with Gasteiger partial charge in [-0.05, 0) is 56.0 Å². The van der Waals surface area contributed by atoms with E-state index in [4.69, 9.17) is 19.2 Å². The molecule has 1 aliphatic heterocycles. The van der Waals surface area contributed by atoms with Gasteiger partial charge in [-0.1, -0.05) is 0 Å². The molecule has 0 aromatic carbocycles. The lowest BCUT2D eigenvalue weighted by molar-refractivity contribution is -0.143. The van der Waals surface area contributed by atoms with Gasteiger partial charge in [0, 0.05) is 30.8 Å². The summed E-state index contributed by atoms with van der Waals surface area (Å²) in [6.45, 7) is 4.03. The molecule has 0 spiro atoms. The summed E-state index contributed by atoms with van der Waals surface area (Å²) in [6.07, 6.45) is 5.22. The Kier molecular flexibility index (Phi) is 7.70. The SMILES string of the molecule is CCOC(=O)CCC1=C(CCC(=O)OC)C(C)=N/C1=C\c1[nH]c(-c2ccc[nH]2)cc1OC. The average Bonchev–Trinajstić information content (AvgIpc) is 3.50. The first-order chi connectivity index (χ1) is 15.5. The van der Waals surface area contributed by atoms with E-state index in [1.54, 1.807) is 14.0 Å². The van der Waals surface area contributed by atoms with Crippen molar-refractivity contribution in [2.24, 2.45) is 4.99 Å². The summed E-state index contributed by atoms with van der Waals surface area (Å²) in [5.74, 6) is 0.138. The highest BCUT2D eigenvalue weighted by molar-refractivity contribution is 6.04. The van der Waals surface area contributed by atoms with E-state index in [2.05, 4.69) is 9.97 Å². The van der Waals surface area contributed by atoms with Gasteiger partial charge in [0.2, 0.25) is 0 Å². The zero-order valence-electron chi connectivity index (χ0n) is 18.9. The predicted molar refractivity (Wildman–Crippen MR) is 122 cm³/mol. The molecule has 0 bridgehead atoms. The zero-order chi connectivity index (χ0) is 23.1. The van der Waals surface area contributed by atoms with E-state index in [1.807, 2.05) is 37.4 Å². The van der Waals surface area contributed by atoms with Crippen LogP contribution in [0.4, 0.5) is 0 Å². The quantitative estimate of drug-likeness (QED) is 0.533. The molecule has 0 unspecified atom stereocenters. The van der Waals surface area contributed by atoms with Crippen molar-refractivity contribution in [2.45, 2.75) is 39.5 Å². The largest absolute Gasteiger partial charge is 0.494 e. The average molecular weight is 440 g/mol. The molecule has 8 nitrogen and oxygen atoms in total. The summed E-state index contributed by atoms with van der Waals surface area (Å²) in [6, 6.07) is 5.81. The number of carbonyl (C=O) groups is 2. The monoisotopic (exact) mass is 439 g/mol. The predicted octanol–water partition coefficient (Wildman–Crippen LogP) is 4.43. The van der Waals surface area contributed by atoms with E-state index in [-0.39, 0.29) is 24.8 Å². The molecule has 0 saturated heterocycles. The third-order valence-corrected chi connectivity index (χ3v) is 5.29. The Morgan fingerprint density at radius 2 is 1.84 bits per heavy atom. The van der Waals surface area contributed by atoms with Crippen LogP contribution in [0.5, 0.6) is 5.75 Å². The van der Waals surface area contributed by atoms with Gasteiger partial charge >= 0.3 is 11.9 Å². The van der Waals surface area contributed by atoms with Crippen molar-refractivity contribution in [1.29, 1.82) is 0 Å². The number of methoxy groups -OCH3 is 2. The molecular weight excluding hydrogens is 410 g/mol. The number of nitrogens with zero attached hydrogens (tertiary/aromatic N) is 1. The van der Waals surface area contributed by atoms with Crippen LogP contribution in [-0.4, -0.2) is 48.4 Å². The standard InChI is InChI=1S/C24H29N3O5/c1-5-32-24(29)11-9-17-16(8-10-23(28)31-4)15(2)26-19(17)13-21-22(30-3)14-20(27-21)18-7-6-12-25-18/h6-7,12-14,25,27H,5,8-11H2,1-4H3/b19-13-. The van der Waals surface area contributed by atoms with Crippen LogP contribution in [0, 0.1) is 0 Å². The first-order valence-corrected chi connectivity index (χ1v) is 10.6. The first kappa shape index (κ1) is 23.1. The second-order valence-electron chi connectivity index (χ2n) is 7.31. The van der Waals surface area contributed by atoms with Gasteiger partial charge in [-0.25, -0.2) is 0 Å². The Balaban J connectivity index is 1.95. The molecule has 3 heterocycles. The number of nitrogens with one attached hydrogen (secondary N) is 2. The molecule has 0 radical (unpaired) electrons. The highest BCUT2D eigenvalue weighted by Crippen LogP contribution is 2.35. The minimum Gasteiger partial charge on any atom is -0.494 e. The maximum Gasteiger partial charge on any atom is 0.306 e. The molecule has 0 amide bonds. The van der Waals surface area contributed by atoms with Gasteiger partial charge in [-0.3, -0.25) is 14.6 Å². The van der Waals surface area contributed by atoms with Crippen LogP contribution in [0.3, 0.4) is 0 Å². The Morgan fingerprint density at radius 1 is 1.09 bits per heavy atom. The minimum absolute atomic E-state index is 0.237. The van der Waals surface area contributed by atoms with Crippen LogP contribution < -0.4 is 4.74 Å². The lowest BCUT2D eigenvalue weighted by atomic mass is 9.96. The van der Waals surface area contributed by atoms with Crippen LogP contribution in [-0.2, 0) is 19.1 Å². The van der Waals surface area contributed by atoms with Crippen molar-refractivity contribution in [3.63, 3.8) is 0 Å². The number of rotatable bonds is 10. The molecule has 8 heteroatoms. The van der Waals surface area contributed by atoms with Gasteiger partial charge < -0.3 is 24.2 Å². The molecule has 0 atom stereocenters. The van der Waals surface area contributed by atoms with Gasteiger partial charge in [0.25, 0.3) is 0 Å². The third kappa shape index (κ3) is 5.38. The van der Waals surface area contributed by atoms with Gasteiger partial charge in [-0.2, -0.15) is 0 Å². The Morgan fingerprint density at radius 3 is 2.50 bits per heavy atom. The summed E-state index contributed by atoms with van der Waals surface area (Å²) < 4.78 is 15.4. The van der Waals surface area contributed by atoms with Crippen molar-refractivity contribution in [3.05, 3.63) is 46.9 Å². The molecule has 170 valence electrons. The summed E-state index contributed by atoms with van der Waals surface area (Å²) in [4.78, 5) is 35.0. The van der Waals surface area contributed by atoms with Gasteiger partial charge in [-0.15, -0.1) is 0 Å². The van der Waals surface area contributed by atoms with Crippen molar-refractivity contribution in [1.82, 2.24) is 9.97 Å². The smallest absolute Gasteiger partial charge is 0.306 e. The summed E-state index contributed by atoms with van der Waals surface area (Å²) in [5.41, 5.74) is 6.06. The second kappa shape index (κ2) is 10.7. The lowest BCUT2D eigenvalue weighted by Crippen LogP contribution is -2.06. The fourth-order valence-corrected chi connectivity index (χ4v) is 3.72. The first-order valence-electron chi connectivity index (χ1n) is 10.6. The third-order valence-electron chi connectivity index (χ3n) is 5.29. The van der Waals surface area contributed by atoms with Crippen molar-refractivity contribution >= 4 is 23.7 Å². The second-order valence-corrected chi connectivity index (χ2v) is 7.31. The highest BCUT2D eigenvalue weighted by atomic mass is 16.5. The van der Waals surface area contributed by atoms with Crippen LogP contribution in [0.15, 0.2) is 46.2 Å². The van der Waals surface area contributed by atoms with Gasteiger partial charge in [0.1, 0.15) is 5.75 Å². The molecular formula is C24H29N3O5. The number of aromatic nitrogens is 2. The van der Waals surface area contributed by atoms with E-state index in [0.717, 1.165) is 39.6 Å². The lowest BCUT2D eigenvalue weighted by Gasteiger charge is -2.09. The fourth-order valence-electron chi connectivity index (χ4n) is 3.72. The topological polar surface area (TPSA) is 106 Å². The van der Waals surface area contributed by atoms with Crippen LogP contribution in [0.25, 0.3) is 17.5 Å². The maximum absolute atomic E-state index is 12.0. The molecule has 32 heavy (non-hydrogen) atoms. The molecule has 3 rings (SSSR count). The fraction of sp³-hybridized carbons (Fsp3) is 0.375. The van der Waals surface area contributed by atoms with Gasteiger partial charge in [0.15, 0.2) is 0 Å². The molecule has 0 fully saturated rings.